The Morgan fingerprint density at radius 3 is 2.22 bits per heavy atom. The standard InChI is InChI=1S/C41H61ClFN6O9P/c1-3-4-5-6-7-8-9-10-11-12-13-14-15-16-17-18-23-55-25-31(48(2)40(52)30-19-20-33(43)32(42)24-30)26-56-59(53,54)57-27-35-37(50)38(51)41(28-44,58-35)36-22-21-34-39(45)46-29-47-49(34)36/h19-22,24,29,31,35,37-38,50-51H,3-18,23,25-27H2,1-2H3,(H,53,54)(H2,45,46,47)/t31-,35-,37-,38-,41+/m1/s1. The third-order valence-electron chi connectivity index (χ3n) is 10.8. The summed E-state index contributed by atoms with van der Waals surface area (Å²) in [5.41, 5.74) is 4.20. The first-order chi connectivity index (χ1) is 28.3. The highest BCUT2D eigenvalue weighted by molar-refractivity contribution is 7.47. The Labute approximate surface area is 351 Å². The molecule has 0 spiro atoms. The summed E-state index contributed by atoms with van der Waals surface area (Å²) >= 11 is 5.92. The van der Waals surface area contributed by atoms with E-state index in [4.69, 9.17) is 35.9 Å². The molecule has 1 aromatic carbocycles. The zero-order valence-electron chi connectivity index (χ0n) is 34.2. The van der Waals surface area contributed by atoms with E-state index in [0.717, 1.165) is 38.1 Å². The minimum Gasteiger partial charge on any atom is -0.387 e. The number of carbonyl (C=O) groups is 1. The Bertz CT molecular complexity index is 1850. The number of hydrogen-bond donors (Lipinski definition) is 4. The van der Waals surface area contributed by atoms with E-state index in [1.165, 1.54) is 118 Å². The monoisotopic (exact) mass is 866 g/mol. The lowest BCUT2D eigenvalue weighted by molar-refractivity contribution is -0.0647. The fourth-order valence-electron chi connectivity index (χ4n) is 7.18. The van der Waals surface area contributed by atoms with Crippen LogP contribution in [0.3, 0.4) is 0 Å². The van der Waals surface area contributed by atoms with Crippen molar-refractivity contribution in [1.29, 1.82) is 5.26 Å². The normalized spacial score (nSPS) is 20.7. The topological polar surface area (TPSA) is 215 Å². The van der Waals surface area contributed by atoms with Crippen molar-refractivity contribution in [1.82, 2.24) is 19.5 Å². The summed E-state index contributed by atoms with van der Waals surface area (Å²) in [5.74, 6) is -1.15. The molecule has 328 valence electrons. The predicted octanol–water partition coefficient (Wildman–Crippen LogP) is 7.50. The summed E-state index contributed by atoms with van der Waals surface area (Å²) in [6.07, 6.45) is 16.0. The van der Waals surface area contributed by atoms with Gasteiger partial charge in [-0.25, -0.2) is 18.5 Å². The zero-order valence-corrected chi connectivity index (χ0v) is 35.9. The molecule has 0 aliphatic carbocycles. The Balaban J connectivity index is 1.24. The minimum atomic E-state index is -4.90. The number of unbranched alkanes of at least 4 members (excludes halogenated alkanes) is 15. The van der Waals surface area contributed by atoms with Gasteiger partial charge in [-0.3, -0.25) is 13.8 Å². The molecule has 1 unspecified atom stereocenters. The largest absolute Gasteiger partial charge is 0.472 e. The maximum Gasteiger partial charge on any atom is 0.472 e. The molecule has 6 atom stereocenters. The van der Waals surface area contributed by atoms with Crippen LogP contribution in [0.1, 0.15) is 126 Å². The Hall–Kier alpha value is -3.23. The maximum atomic E-state index is 13.8. The molecular formula is C41H61ClFN6O9P. The third-order valence-corrected chi connectivity index (χ3v) is 12.0. The number of nitrogen functional groups attached to an aromatic ring is 1. The van der Waals surface area contributed by atoms with Crippen LogP contribution in [-0.2, 0) is 28.7 Å². The van der Waals surface area contributed by atoms with Gasteiger partial charge in [-0.15, -0.1) is 0 Å². The molecule has 4 rings (SSSR count). The van der Waals surface area contributed by atoms with E-state index >= 15 is 0 Å². The number of aliphatic hydroxyl groups is 2. The second-order valence-electron chi connectivity index (χ2n) is 15.2. The molecule has 1 amide bonds. The van der Waals surface area contributed by atoms with Crippen LogP contribution >= 0.6 is 19.4 Å². The minimum absolute atomic E-state index is 0.0409. The molecule has 2 aromatic heterocycles. The Morgan fingerprint density at radius 1 is 1.02 bits per heavy atom. The highest BCUT2D eigenvalue weighted by Crippen LogP contribution is 2.46. The molecule has 3 aromatic rings. The van der Waals surface area contributed by atoms with Gasteiger partial charge < -0.3 is 35.2 Å². The van der Waals surface area contributed by atoms with Crippen LogP contribution in [0.4, 0.5) is 10.2 Å². The van der Waals surface area contributed by atoms with E-state index in [9.17, 15) is 34.1 Å². The van der Waals surface area contributed by atoms with Gasteiger partial charge in [0.15, 0.2) is 5.82 Å². The van der Waals surface area contributed by atoms with Crippen LogP contribution in [0, 0.1) is 17.1 Å². The molecule has 1 aliphatic rings. The molecule has 15 nitrogen and oxygen atoms in total. The van der Waals surface area contributed by atoms with Crippen molar-refractivity contribution in [2.45, 2.75) is 140 Å². The zero-order chi connectivity index (χ0) is 42.8. The molecule has 1 aliphatic heterocycles. The lowest BCUT2D eigenvalue weighted by atomic mass is 9.92. The number of aliphatic hydroxyl groups excluding tert-OH is 2. The first-order valence-corrected chi connectivity index (χ1v) is 22.7. The number of amides is 1. The third kappa shape index (κ3) is 13.9. The highest BCUT2D eigenvalue weighted by Gasteiger charge is 2.58. The molecule has 0 radical (unpaired) electrons. The van der Waals surface area contributed by atoms with Gasteiger partial charge in [0.2, 0.25) is 5.60 Å². The first-order valence-electron chi connectivity index (χ1n) is 20.8. The summed E-state index contributed by atoms with van der Waals surface area (Å²) in [5, 5.41) is 35.8. The summed E-state index contributed by atoms with van der Waals surface area (Å²) in [7, 11) is -3.45. The molecule has 0 saturated carbocycles. The summed E-state index contributed by atoms with van der Waals surface area (Å²) < 4.78 is 50.4. The number of benzene rings is 1. The van der Waals surface area contributed by atoms with E-state index in [2.05, 4.69) is 17.0 Å². The second kappa shape index (κ2) is 24.3. The van der Waals surface area contributed by atoms with Crippen molar-refractivity contribution in [2.75, 3.05) is 39.2 Å². The quantitative estimate of drug-likeness (QED) is 0.0412. The van der Waals surface area contributed by atoms with Gasteiger partial charge in [0.25, 0.3) is 5.91 Å². The SMILES string of the molecule is CCCCCCCCCCCCCCCCCCOC[C@H](COP(=O)(O)OC[C@H]1O[C@@](C#N)(c2ccc3c(N)ncnn23)[C@H](O)[C@@H]1O)N(C)C(=O)c1ccc(F)c(Cl)c1. The van der Waals surface area contributed by atoms with Crippen molar-refractivity contribution in [3.8, 4) is 6.07 Å². The molecule has 1 saturated heterocycles. The van der Waals surface area contributed by atoms with Gasteiger partial charge in [-0.05, 0) is 36.8 Å². The van der Waals surface area contributed by atoms with Gasteiger partial charge >= 0.3 is 7.82 Å². The van der Waals surface area contributed by atoms with E-state index in [-0.39, 0.29) is 28.7 Å². The van der Waals surface area contributed by atoms with Crippen LogP contribution in [0.2, 0.25) is 5.02 Å². The number of rotatable bonds is 28. The number of nitriles is 1. The highest BCUT2D eigenvalue weighted by atomic mass is 35.5. The number of carbonyl (C=O) groups excluding carboxylic acids is 1. The van der Waals surface area contributed by atoms with Crippen molar-refractivity contribution >= 4 is 36.7 Å². The van der Waals surface area contributed by atoms with Crippen molar-refractivity contribution in [2.24, 2.45) is 0 Å². The van der Waals surface area contributed by atoms with Gasteiger partial charge in [0.1, 0.15) is 42.0 Å². The Morgan fingerprint density at radius 2 is 1.63 bits per heavy atom. The van der Waals surface area contributed by atoms with Gasteiger partial charge in [0.05, 0.1) is 36.6 Å². The predicted molar refractivity (Wildman–Crippen MR) is 221 cm³/mol. The molecule has 0 bridgehead atoms. The Kier molecular flexibility index (Phi) is 19.9. The number of nitrogens with two attached hydrogens (primary N) is 1. The van der Waals surface area contributed by atoms with Crippen LogP contribution in [-0.4, -0.2) is 98.3 Å². The first kappa shape index (κ1) is 48.4. The van der Waals surface area contributed by atoms with Crippen molar-refractivity contribution < 1.29 is 47.4 Å². The number of anilines is 1. The lowest BCUT2D eigenvalue weighted by Crippen LogP contribution is -2.43. The molecule has 1 fully saturated rings. The van der Waals surface area contributed by atoms with Gasteiger partial charge in [-0.1, -0.05) is 115 Å². The number of nitrogens with zero attached hydrogens (tertiary/aromatic N) is 5. The molecule has 3 heterocycles. The van der Waals surface area contributed by atoms with E-state index < -0.39 is 62.7 Å². The maximum absolute atomic E-state index is 13.8. The van der Waals surface area contributed by atoms with Crippen molar-refractivity contribution in [3.05, 3.63) is 58.8 Å². The smallest absolute Gasteiger partial charge is 0.387 e. The number of hydrogen-bond acceptors (Lipinski definition) is 12. The average molecular weight is 867 g/mol. The van der Waals surface area contributed by atoms with Crippen LogP contribution < -0.4 is 5.73 Å². The van der Waals surface area contributed by atoms with Crippen LogP contribution in [0.5, 0.6) is 0 Å². The number of likely N-dealkylation sites (N-methyl/N-ethyl adjacent to an activating group) is 1. The van der Waals surface area contributed by atoms with E-state index in [1.54, 1.807) is 0 Å². The molecule has 5 N–H and O–H groups in total. The van der Waals surface area contributed by atoms with Crippen LogP contribution in [0.15, 0.2) is 36.7 Å². The van der Waals surface area contributed by atoms with Crippen LogP contribution in [0.25, 0.3) is 5.52 Å². The summed E-state index contributed by atoms with van der Waals surface area (Å²) in [6.45, 7) is 1.30. The molecule has 18 heteroatoms. The van der Waals surface area contributed by atoms with Gasteiger partial charge in [0, 0.05) is 19.2 Å². The van der Waals surface area contributed by atoms with E-state index in [0.29, 0.717) is 12.1 Å². The second-order valence-corrected chi connectivity index (χ2v) is 17.1. The number of halogens is 2. The fraction of sp³-hybridized carbons (Fsp3) is 0.659. The number of fused-ring (bicyclic) bond motifs is 1. The average Bonchev–Trinajstić information content (AvgIpc) is 3.77. The van der Waals surface area contributed by atoms with Gasteiger partial charge in [-0.2, -0.15) is 10.4 Å². The van der Waals surface area contributed by atoms with Crippen molar-refractivity contribution in [3.63, 3.8) is 0 Å². The number of phosphoric acid groups is 1. The number of ether oxygens (including phenoxy) is 2. The molecular weight excluding hydrogens is 806 g/mol. The fourth-order valence-corrected chi connectivity index (χ4v) is 8.13. The number of aromatic nitrogens is 3. The lowest BCUT2D eigenvalue weighted by Gasteiger charge is -2.29. The number of phosphoric ester groups is 1. The molecule has 59 heavy (non-hydrogen) atoms. The summed E-state index contributed by atoms with van der Waals surface area (Å²) in [4.78, 5) is 29.2. The summed E-state index contributed by atoms with van der Waals surface area (Å²) in [6, 6.07) is 7.47. The van der Waals surface area contributed by atoms with E-state index in [1.807, 2.05) is 6.07 Å².